The van der Waals surface area contributed by atoms with Crippen LogP contribution >= 0.6 is 0 Å². The van der Waals surface area contributed by atoms with Crippen LogP contribution in [0.5, 0.6) is 0 Å². The number of hydrogen-bond acceptors (Lipinski definition) is 3. The van der Waals surface area contributed by atoms with Gasteiger partial charge in [-0.3, -0.25) is 4.79 Å². The molecule has 4 nitrogen and oxygen atoms in total. The Morgan fingerprint density at radius 3 is 2.57 bits per heavy atom. The Kier molecular flexibility index (Phi) is 6.21. The number of nitrogens with one attached hydrogen (secondary N) is 1. The first kappa shape index (κ1) is 12.5. The molecule has 0 unspecified atom stereocenters. The predicted molar refractivity (Wildman–Crippen MR) is 53.5 cm³/mol. The van der Waals surface area contributed by atoms with Gasteiger partial charge >= 0.3 is 0 Å². The molecule has 0 fully saturated rings. The molecule has 0 heterocycles. The summed E-state index contributed by atoms with van der Waals surface area (Å²) in [6.07, 6.45) is 3.02. The first-order valence-electron chi connectivity index (χ1n) is 4.71. The van der Waals surface area contributed by atoms with Crippen molar-refractivity contribution < 1.29 is 9.90 Å². The van der Waals surface area contributed by atoms with Crippen LogP contribution in [0, 0.1) is 11.3 Å². The number of aliphatic hydroxyl groups excluding tert-OH is 1. The molecular formula is C10H16N2O2. The normalized spacial score (nSPS) is 11.5. The minimum Gasteiger partial charge on any atom is -0.511 e. The topological polar surface area (TPSA) is 73.1 Å². The highest BCUT2D eigenvalue weighted by Crippen LogP contribution is 1.99. The molecule has 4 heteroatoms. The minimum absolute atomic E-state index is 0.207. The molecule has 0 aromatic rings. The Balaban J connectivity index is 3.98. The predicted octanol–water partition coefficient (Wildman–Crippen LogP) is 1.65. The number of carbonyl (C=O) groups excluding carboxylic acids is 1. The molecule has 0 atom stereocenters. The van der Waals surface area contributed by atoms with Crippen LogP contribution in [-0.2, 0) is 4.79 Å². The second-order valence-corrected chi connectivity index (χ2v) is 3.04. The zero-order valence-corrected chi connectivity index (χ0v) is 8.63. The SMILES string of the molecule is CCCCCNC(=O)/C(C#N)=C(/C)O. The third-order valence-electron chi connectivity index (χ3n) is 1.77. The Hall–Kier alpha value is -1.50. The average molecular weight is 196 g/mol. The van der Waals surface area contributed by atoms with Crippen molar-refractivity contribution in [2.24, 2.45) is 0 Å². The monoisotopic (exact) mass is 196 g/mol. The second kappa shape index (κ2) is 6.96. The highest BCUT2D eigenvalue weighted by molar-refractivity contribution is 5.97. The van der Waals surface area contributed by atoms with Crippen molar-refractivity contribution >= 4 is 5.91 Å². The van der Waals surface area contributed by atoms with Crippen LogP contribution in [0.4, 0.5) is 0 Å². The van der Waals surface area contributed by atoms with Crippen LogP contribution in [0.25, 0.3) is 0 Å². The molecule has 0 radical (unpaired) electrons. The van der Waals surface area contributed by atoms with Gasteiger partial charge in [0, 0.05) is 6.54 Å². The zero-order chi connectivity index (χ0) is 11.0. The highest BCUT2D eigenvalue weighted by Gasteiger charge is 2.10. The number of carbonyl (C=O) groups is 1. The van der Waals surface area contributed by atoms with Crippen LogP contribution in [0.1, 0.15) is 33.1 Å². The van der Waals surface area contributed by atoms with Gasteiger partial charge < -0.3 is 10.4 Å². The van der Waals surface area contributed by atoms with Gasteiger partial charge in [-0.15, -0.1) is 0 Å². The average Bonchev–Trinajstić information content (AvgIpc) is 2.13. The molecule has 0 rings (SSSR count). The summed E-state index contributed by atoms with van der Waals surface area (Å²) in [5.41, 5.74) is -0.207. The maximum atomic E-state index is 11.2. The quantitative estimate of drug-likeness (QED) is 0.304. The number of hydrogen-bond donors (Lipinski definition) is 2. The largest absolute Gasteiger partial charge is 0.511 e. The standard InChI is InChI=1S/C10H16N2O2/c1-3-4-5-6-12-10(14)9(7-11)8(2)13/h13H,3-6H2,1-2H3,(H,12,14)/b9-8-. The van der Waals surface area contributed by atoms with Crippen molar-refractivity contribution in [3.63, 3.8) is 0 Å². The summed E-state index contributed by atoms with van der Waals surface area (Å²) in [4.78, 5) is 11.2. The van der Waals surface area contributed by atoms with E-state index in [-0.39, 0.29) is 11.3 Å². The van der Waals surface area contributed by atoms with Gasteiger partial charge in [0.25, 0.3) is 5.91 Å². The van der Waals surface area contributed by atoms with Gasteiger partial charge in [0.2, 0.25) is 0 Å². The van der Waals surface area contributed by atoms with E-state index in [4.69, 9.17) is 10.4 Å². The van der Waals surface area contributed by atoms with Crippen LogP contribution in [-0.4, -0.2) is 17.6 Å². The van der Waals surface area contributed by atoms with Gasteiger partial charge in [0.15, 0.2) is 5.57 Å². The number of nitrogens with zero attached hydrogens (tertiary/aromatic N) is 1. The summed E-state index contributed by atoms with van der Waals surface area (Å²) < 4.78 is 0. The fraction of sp³-hybridized carbons (Fsp3) is 0.600. The number of amides is 1. The number of unbranched alkanes of at least 4 members (excludes halogenated alkanes) is 2. The summed E-state index contributed by atoms with van der Waals surface area (Å²) in [6, 6.07) is 1.66. The van der Waals surface area contributed by atoms with Crippen LogP contribution < -0.4 is 5.32 Å². The van der Waals surface area contributed by atoms with Crippen molar-refractivity contribution in [2.75, 3.05) is 6.54 Å². The molecule has 0 saturated carbocycles. The van der Waals surface area contributed by atoms with E-state index in [0.717, 1.165) is 19.3 Å². The maximum absolute atomic E-state index is 11.2. The minimum atomic E-state index is -0.497. The van der Waals surface area contributed by atoms with Crippen molar-refractivity contribution in [3.8, 4) is 6.07 Å². The smallest absolute Gasteiger partial charge is 0.265 e. The third kappa shape index (κ3) is 4.51. The van der Waals surface area contributed by atoms with E-state index in [1.165, 1.54) is 6.92 Å². The van der Waals surface area contributed by atoms with Crippen LogP contribution in [0.2, 0.25) is 0 Å². The molecule has 78 valence electrons. The second-order valence-electron chi connectivity index (χ2n) is 3.04. The van der Waals surface area contributed by atoms with Gasteiger partial charge in [-0.1, -0.05) is 19.8 Å². The molecule has 0 aromatic heterocycles. The summed E-state index contributed by atoms with van der Waals surface area (Å²) in [5, 5.41) is 20.1. The van der Waals surface area contributed by atoms with Crippen molar-refractivity contribution in [3.05, 3.63) is 11.3 Å². The first-order valence-corrected chi connectivity index (χ1v) is 4.71. The fourth-order valence-corrected chi connectivity index (χ4v) is 0.961. The van der Waals surface area contributed by atoms with E-state index in [1.54, 1.807) is 6.07 Å². The van der Waals surface area contributed by atoms with Crippen molar-refractivity contribution in [1.82, 2.24) is 5.32 Å². The maximum Gasteiger partial charge on any atom is 0.265 e. The van der Waals surface area contributed by atoms with E-state index < -0.39 is 5.91 Å². The Labute approximate surface area is 84.2 Å². The van der Waals surface area contributed by atoms with Gasteiger partial charge in [0.1, 0.15) is 11.8 Å². The summed E-state index contributed by atoms with van der Waals surface area (Å²) in [6.45, 7) is 3.94. The van der Waals surface area contributed by atoms with E-state index in [1.807, 2.05) is 0 Å². The first-order chi connectivity index (χ1) is 6.63. The lowest BCUT2D eigenvalue weighted by molar-refractivity contribution is -0.117. The van der Waals surface area contributed by atoms with Crippen LogP contribution in [0.3, 0.4) is 0 Å². The van der Waals surface area contributed by atoms with Gasteiger partial charge in [-0.05, 0) is 13.3 Å². The van der Waals surface area contributed by atoms with Gasteiger partial charge in [-0.25, -0.2) is 0 Å². The Bertz CT molecular complexity index is 260. The Morgan fingerprint density at radius 1 is 1.50 bits per heavy atom. The number of aliphatic hydroxyl groups is 1. The number of nitriles is 1. The van der Waals surface area contributed by atoms with E-state index in [0.29, 0.717) is 6.54 Å². The molecule has 2 N–H and O–H groups in total. The Morgan fingerprint density at radius 2 is 2.14 bits per heavy atom. The molecular weight excluding hydrogens is 180 g/mol. The summed E-state index contributed by atoms with van der Waals surface area (Å²) in [7, 11) is 0. The third-order valence-corrected chi connectivity index (χ3v) is 1.77. The number of rotatable bonds is 5. The molecule has 0 bridgehead atoms. The molecule has 0 aliphatic rings. The fourth-order valence-electron chi connectivity index (χ4n) is 0.961. The molecule has 1 amide bonds. The molecule has 0 spiro atoms. The lowest BCUT2D eigenvalue weighted by Crippen LogP contribution is -2.26. The summed E-state index contributed by atoms with van der Waals surface area (Å²) in [5.74, 6) is -0.732. The van der Waals surface area contributed by atoms with Crippen molar-refractivity contribution in [2.45, 2.75) is 33.1 Å². The molecule has 0 aromatic carbocycles. The van der Waals surface area contributed by atoms with E-state index in [9.17, 15) is 4.79 Å². The number of allylic oxidation sites excluding steroid dienone is 1. The van der Waals surface area contributed by atoms with Gasteiger partial charge in [0.05, 0.1) is 0 Å². The van der Waals surface area contributed by atoms with E-state index in [2.05, 4.69) is 12.2 Å². The molecule has 0 saturated heterocycles. The van der Waals surface area contributed by atoms with Gasteiger partial charge in [-0.2, -0.15) is 5.26 Å². The van der Waals surface area contributed by atoms with E-state index >= 15 is 0 Å². The molecule has 14 heavy (non-hydrogen) atoms. The lowest BCUT2D eigenvalue weighted by atomic mass is 10.2. The zero-order valence-electron chi connectivity index (χ0n) is 8.63. The highest BCUT2D eigenvalue weighted by atomic mass is 16.3. The van der Waals surface area contributed by atoms with Crippen LogP contribution in [0.15, 0.2) is 11.3 Å². The molecule has 0 aliphatic heterocycles. The molecule has 0 aliphatic carbocycles. The van der Waals surface area contributed by atoms with Crippen molar-refractivity contribution in [1.29, 1.82) is 5.26 Å². The lowest BCUT2D eigenvalue weighted by Gasteiger charge is -2.03. The summed E-state index contributed by atoms with van der Waals surface area (Å²) >= 11 is 0.